The zero-order valence-electron chi connectivity index (χ0n) is 6.97. The van der Waals surface area contributed by atoms with E-state index in [0.717, 1.165) is 0 Å². The summed E-state index contributed by atoms with van der Waals surface area (Å²) >= 11 is 5.21. The van der Waals surface area contributed by atoms with E-state index in [2.05, 4.69) is 0 Å². The second-order valence-corrected chi connectivity index (χ2v) is 5.83. The number of halogens is 4. The molecule has 0 fully saturated rings. The minimum Gasteiger partial charge on any atom is -0.506 e. The minimum atomic E-state index is -3.98. The number of phenols is 1. The largest absolute Gasteiger partial charge is 0.506 e. The average Bonchev–Trinajstić information content (AvgIpc) is 2.08. The summed E-state index contributed by atoms with van der Waals surface area (Å²) < 4.78 is 46.9. The smallest absolute Gasteiger partial charge is 0.236 e. The predicted octanol–water partition coefficient (Wildman–Crippen LogP) is 2.39. The Kier molecular flexibility index (Phi) is 3.42. The summed E-state index contributed by atoms with van der Waals surface area (Å²) in [5.74, 6) is -4.46. The van der Waals surface area contributed by atoms with E-state index in [1.165, 1.54) is 0 Å². The van der Waals surface area contributed by atoms with Crippen molar-refractivity contribution in [2.45, 2.75) is 5.75 Å². The van der Waals surface area contributed by atoms with Crippen LogP contribution in [-0.4, -0.2) is 13.5 Å². The molecule has 1 rings (SSSR count). The van der Waals surface area contributed by atoms with Gasteiger partial charge in [0.15, 0.2) is 11.6 Å². The molecule has 1 aromatic carbocycles. The van der Waals surface area contributed by atoms with Crippen molar-refractivity contribution in [3.63, 3.8) is 0 Å². The fourth-order valence-corrected chi connectivity index (χ4v) is 2.09. The van der Waals surface area contributed by atoms with E-state index in [-0.39, 0.29) is 0 Å². The van der Waals surface area contributed by atoms with Crippen LogP contribution in [0.25, 0.3) is 0 Å². The van der Waals surface area contributed by atoms with E-state index < -0.39 is 42.8 Å². The summed E-state index contributed by atoms with van der Waals surface area (Å²) in [6.45, 7) is 0. The maximum atomic E-state index is 12.8. The Morgan fingerprint density at radius 1 is 1.40 bits per heavy atom. The van der Waals surface area contributed by atoms with Gasteiger partial charge in [-0.25, -0.2) is 17.2 Å². The lowest BCUT2D eigenvalue weighted by Crippen LogP contribution is -1.98. The lowest BCUT2D eigenvalue weighted by atomic mass is 10.2. The summed E-state index contributed by atoms with van der Waals surface area (Å²) in [4.78, 5) is 0. The topological polar surface area (TPSA) is 54.4 Å². The molecule has 0 spiro atoms. The van der Waals surface area contributed by atoms with Crippen molar-refractivity contribution in [3.8, 4) is 5.75 Å². The number of rotatable bonds is 2. The first kappa shape index (κ1) is 12.5. The molecule has 3 nitrogen and oxygen atoms in total. The molecular weight excluding hydrogens is 273 g/mol. The highest BCUT2D eigenvalue weighted by Crippen LogP contribution is 2.33. The van der Waals surface area contributed by atoms with Gasteiger partial charge in [0.2, 0.25) is 9.05 Å². The van der Waals surface area contributed by atoms with Crippen LogP contribution in [0.15, 0.2) is 6.07 Å². The highest BCUT2D eigenvalue weighted by molar-refractivity contribution is 8.13. The average molecular weight is 277 g/mol. The molecule has 1 N–H and O–H groups in total. The quantitative estimate of drug-likeness (QED) is 0.667. The minimum absolute atomic E-state index is 0.395. The van der Waals surface area contributed by atoms with E-state index >= 15 is 0 Å². The molecule has 84 valence electrons. The van der Waals surface area contributed by atoms with Gasteiger partial charge in [-0.15, -0.1) is 0 Å². The van der Waals surface area contributed by atoms with Crippen LogP contribution in [0, 0.1) is 11.6 Å². The molecule has 0 aliphatic heterocycles. The second-order valence-electron chi connectivity index (χ2n) is 2.68. The number of hydrogen-bond donors (Lipinski definition) is 1. The summed E-state index contributed by atoms with van der Waals surface area (Å²) in [6, 6.07) is 0.524. The Labute approximate surface area is 93.7 Å². The first-order chi connectivity index (χ1) is 6.72. The Balaban J connectivity index is 3.33. The van der Waals surface area contributed by atoms with Crippen LogP contribution in [0.4, 0.5) is 8.78 Å². The molecule has 8 heteroatoms. The summed E-state index contributed by atoms with van der Waals surface area (Å²) in [7, 11) is 0.904. The van der Waals surface area contributed by atoms with Crippen LogP contribution in [0.1, 0.15) is 5.56 Å². The molecule has 0 saturated carbocycles. The molecule has 0 saturated heterocycles. The Morgan fingerprint density at radius 3 is 2.40 bits per heavy atom. The predicted molar refractivity (Wildman–Crippen MR) is 51.5 cm³/mol. The van der Waals surface area contributed by atoms with Gasteiger partial charge in [-0.3, -0.25) is 0 Å². The number of hydrogen-bond acceptors (Lipinski definition) is 3. The molecular formula is C7H4Cl2F2O3S. The lowest BCUT2D eigenvalue weighted by Gasteiger charge is -2.05. The van der Waals surface area contributed by atoms with Gasteiger partial charge in [0, 0.05) is 16.2 Å². The van der Waals surface area contributed by atoms with Crippen molar-refractivity contribution < 1.29 is 22.3 Å². The fraction of sp³-hybridized carbons (Fsp3) is 0.143. The van der Waals surface area contributed by atoms with Crippen LogP contribution in [0.3, 0.4) is 0 Å². The molecule has 0 radical (unpaired) electrons. The van der Waals surface area contributed by atoms with E-state index in [1.807, 2.05) is 0 Å². The van der Waals surface area contributed by atoms with Crippen molar-refractivity contribution in [2.24, 2.45) is 0 Å². The normalized spacial score (nSPS) is 11.7. The Hall–Kier alpha value is -0.590. The highest BCUT2D eigenvalue weighted by atomic mass is 35.7. The fourth-order valence-electron chi connectivity index (χ4n) is 0.930. The highest BCUT2D eigenvalue weighted by Gasteiger charge is 2.19. The Bertz CT molecular complexity index is 501. The van der Waals surface area contributed by atoms with Crippen LogP contribution >= 0.6 is 22.3 Å². The van der Waals surface area contributed by atoms with Crippen LogP contribution < -0.4 is 0 Å². The van der Waals surface area contributed by atoms with Crippen molar-refractivity contribution in [2.75, 3.05) is 0 Å². The first-order valence-electron chi connectivity index (χ1n) is 3.50. The molecule has 1 aromatic rings. The van der Waals surface area contributed by atoms with Gasteiger partial charge in [-0.05, 0) is 6.07 Å². The van der Waals surface area contributed by atoms with Gasteiger partial charge in [0.25, 0.3) is 0 Å². The zero-order chi connectivity index (χ0) is 11.8. The zero-order valence-corrected chi connectivity index (χ0v) is 9.30. The van der Waals surface area contributed by atoms with Crippen LogP contribution in [0.2, 0.25) is 5.02 Å². The van der Waals surface area contributed by atoms with Crippen molar-refractivity contribution in [1.29, 1.82) is 0 Å². The molecule has 0 aromatic heterocycles. The van der Waals surface area contributed by atoms with Crippen LogP contribution in [0.5, 0.6) is 5.75 Å². The van der Waals surface area contributed by atoms with Gasteiger partial charge in [0.05, 0.1) is 5.75 Å². The van der Waals surface area contributed by atoms with Gasteiger partial charge in [-0.2, -0.15) is 0 Å². The standard InChI is InChI=1S/C7H4Cl2F2O3S/c8-5-6(11)4(10)1-3(7(5)12)2-15(9,13)14/h1,12H,2H2. The van der Waals surface area contributed by atoms with Gasteiger partial charge in [0.1, 0.15) is 10.8 Å². The molecule has 15 heavy (non-hydrogen) atoms. The molecule has 0 amide bonds. The summed E-state index contributed by atoms with van der Waals surface area (Å²) in [5.41, 5.74) is -0.395. The lowest BCUT2D eigenvalue weighted by molar-refractivity contribution is 0.450. The van der Waals surface area contributed by atoms with E-state index in [4.69, 9.17) is 22.3 Å². The monoisotopic (exact) mass is 276 g/mol. The van der Waals surface area contributed by atoms with Crippen molar-refractivity contribution in [3.05, 3.63) is 28.3 Å². The third-order valence-electron chi connectivity index (χ3n) is 1.54. The Morgan fingerprint density at radius 2 is 1.93 bits per heavy atom. The maximum Gasteiger partial charge on any atom is 0.236 e. The molecule has 0 aliphatic carbocycles. The molecule has 0 atom stereocenters. The van der Waals surface area contributed by atoms with Crippen LogP contribution in [-0.2, 0) is 14.8 Å². The van der Waals surface area contributed by atoms with Gasteiger partial charge in [-0.1, -0.05) is 11.6 Å². The molecule has 0 unspecified atom stereocenters. The number of benzene rings is 1. The summed E-state index contributed by atoms with van der Waals surface area (Å²) in [5, 5.41) is 8.33. The first-order valence-corrected chi connectivity index (χ1v) is 6.35. The van der Waals surface area contributed by atoms with Gasteiger partial charge < -0.3 is 5.11 Å². The molecule has 0 bridgehead atoms. The molecule has 0 aliphatic rings. The van der Waals surface area contributed by atoms with Gasteiger partial charge >= 0.3 is 0 Å². The second kappa shape index (κ2) is 4.11. The van der Waals surface area contributed by atoms with E-state index in [9.17, 15) is 22.3 Å². The summed E-state index contributed by atoms with van der Waals surface area (Å²) in [6.07, 6.45) is 0. The number of phenolic OH excluding ortho intramolecular Hbond substituents is 1. The van der Waals surface area contributed by atoms with Crippen molar-refractivity contribution in [1.82, 2.24) is 0 Å². The van der Waals surface area contributed by atoms with Crippen molar-refractivity contribution >= 4 is 31.3 Å². The third-order valence-corrected chi connectivity index (χ3v) is 2.87. The van der Waals surface area contributed by atoms with E-state index in [1.54, 1.807) is 0 Å². The SMILES string of the molecule is O=S(=O)(Cl)Cc1cc(F)c(F)c(Cl)c1O. The third kappa shape index (κ3) is 2.93. The molecule has 0 heterocycles. The maximum absolute atomic E-state index is 12.8. The number of aromatic hydroxyl groups is 1. The van der Waals surface area contributed by atoms with E-state index in [0.29, 0.717) is 6.07 Å².